The van der Waals surface area contributed by atoms with Crippen molar-refractivity contribution in [2.45, 2.75) is 19.4 Å². The molecule has 0 spiro atoms. The molecule has 0 unspecified atom stereocenters. The molecule has 0 fully saturated rings. The fraction of sp³-hybridized carbons (Fsp3) is 0.286. The molecular formula is C14H16BrNO. The molecule has 0 radical (unpaired) electrons. The van der Waals surface area contributed by atoms with Crippen LogP contribution < -0.4 is 0 Å². The number of hydrogen-bond acceptors (Lipinski definition) is 1. The molecule has 1 aromatic carbocycles. The number of benzene rings is 1. The monoisotopic (exact) mass is 293 g/mol. The van der Waals surface area contributed by atoms with Crippen LogP contribution in [0.1, 0.15) is 12.0 Å². The average molecular weight is 294 g/mol. The summed E-state index contributed by atoms with van der Waals surface area (Å²) >= 11 is 3.50. The van der Waals surface area contributed by atoms with Gasteiger partial charge in [0.2, 0.25) is 0 Å². The van der Waals surface area contributed by atoms with E-state index >= 15 is 0 Å². The van der Waals surface area contributed by atoms with Gasteiger partial charge in [0.1, 0.15) is 0 Å². The maximum Gasteiger partial charge on any atom is 0.0486 e. The summed E-state index contributed by atoms with van der Waals surface area (Å²) in [5.74, 6) is 0. The zero-order valence-corrected chi connectivity index (χ0v) is 11.3. The van der Waals surface area contributed by atoms with Gasteiger partial charge in [-0.15, -0.1) is 6.58 Å². The van der Waals surface area contributed by atoms with E-state index in [1.165, 1.54) is 16.5 Å². The van der Waals surface area contributed by atoms with Crippen LogP contribution in [0.4, 0.5) is 0 Å². The molecule has 90 valence electrons. The number of aryl methyl sites for hydroxylation is 1. The van der Waals surface area contributed by atoms with Crippen molar-refractivity contribution < 1.29 is 5.11 Å². The van der Waals surface area contributed by atoms with Gasteiger partial charge < -0.3 is 9.67 Å². The molecule has 0 aliphatic heterocycles. The Hall–Kier alpha value is -1.06. The van der Waals surface area contributed by atoms with Crippen LogP contribution >= 0.6 is 15.9 Å². The van der Waals surface area contributed by atoms with E-state index in [2.05, 4.69) is 51.5 Å². The van der Waals surface area contributed by atoms with Gasteiger partial charge in [0.05, 0.1) is 0 Å². The standard InChI is InChI=1S/C14H16BrNO/c1-2-7-16-10-11(4-3-8-17)13-9-12(15)5-6-14(13)16/h2,5-6,9-10,17H,1,3-4,7-8H2. The third kappa shape index (κ3) is 2.61. The molecule has 0 amide bonds. The van der Waals surface area contributed by atoms with Crippen LogP contribution in [0, 0.1) is 0 Å². The minimum absolute atomic E-state index is 0.238. The second kappa shape index (κ2) is 5.52. The van der Waals surface area contributed by atoms with Crippen LogP contribution in [0.15, 0.2) is 41.5 Å². The normalized spacial score (nSPS) is 10.9. The summed E-state index contributed by atoms with van der Waals surface area (Å²) in [6, 6.07) is 6.31. The molecule has 3 heteroatoms. The Balaban J connectivity index is 2.49. The number of aliphatic hydroxyl groups excluding tert-OH is 1. The van der Waals surface area contributed by atoms with Gasteiger partial charge in [0.15, 0.2) is 0 Å². The molecule has 0 saturated heterocycles. The quantitative estimate of drug-likeness (QED) is 0.839. The van der Waals surface area contributed by atoms with E-state index in [0.717, 1.165) is 23.9 Å². The second-order valence-corrected chi connectivity index (χ2v) is 5.00. The maximum atomic E-state index is 8.93. The molecule has 0 atom stereocenters. The molecule has 0 aliphatic carbocycles. The Morgan fingerprint density at radius 1 is 1.41 bits per heavy atom. The molecule has 2 rings (SSSR count). The Bertz CT molecular complexity index is 530. The zero-order chi connectivity index (χ0) is 12.3. The van der Waals surface area contributed by atoms with Crippen molar-refractivity contribution in [3.8, 4) is 0 Å². The van der Waals surface area contributed by atoms with Crippen LogP contribution in [-0.2, 0) is 13.0 Å². The summed E-state index contributed by atoms with van der Waals surface area (Å²) in [4.78, 5) is 0. The lowest BCUT2D eigenvalue weighted by Crippen LogP contribution is -1.92. The number of rotatable bonds is 5. The molecule has 1 N–H and O–H groups in total. The Morgan fingerprint density at radius 2 is 2.24 bits per heavy atom. The van der Waals surface area contributed by atoms with Crippen molar-refractivity contribution in [3.63, 3.8) is 0 Å². The highest BCUT2D eigenvalue weighted by Gasteiger charge is 2.07. The predicted octanol–water partition coefficient (Wildman–Crippen LogP) is 3.51. The van der Waals surface area contributed by atoms with E-state index in [1.54, 1.807) is 0 Å². The minimum Gasteiger partial charge on any atom is -0.396 e. The summed E-state index contributed by atoms with van der Waals surface area (Å²) in [5.41, 5.74) is 2.51. The number of halogens is 1. The van der Waals surface area contributed by atoms with Crippen LogP contribution in [-0.4, -0.2) is 16.3 Å². The number of aromatic nitrogens is 1. The average Bonchev–Trinajstić information content (AvgIpc) is 2.65. The minimum atomic E-state index is 0.238. The Morgan fingerprint density at radius 3 is 2.94 bits per heavy atom. The third-order valence-corrected chi connectivity index (χ3v) is 3.35. The first-order chi connectivity index (χ1) is 8.26. The number of allylic oxidation sites excluding steroid dienone is 1. The van der Waals surface area contributed by atoms with Gasteiger partial charge in [-0.3, -0.25) is 0 Å². The van der Waals surface area contributed by atoms with Gasteiger partial charge in [-0.2, -0.15) is 0 Å². The SMILES string of the molecule is C=CCn1cc(CCCO)c2cc(Br)ccc21. The first-order valence-electron chi connectivity index (χ1n) is 5.75. The van der Waals surface area contributed by atoms with Gasteiger partial charge in [-0.25, -0.2) is 0 Å². The highest BCUT2D eigenvalue weighted by Crippen LogP contribution is 2.26. The van der Waals surface area contributed by atoms with Crippen molar-refractivity contribution in [2.24, 2.45) is 0 Å². The fourth-order valence-electron chi connectivity index (χ4n) is 2.10. The first-order valence-corrected chi connectivity index (χ1v) is 6.54. The van der Waals surface area contributed by atoms with Gasteiger partial charge in [-0.05, 0) is 36.6 Å². The maximum absolute atomic E-state index is 8.93. The van der Waals surface area contributed by atoms with Crippen LogP contribution in [0.25, 0.3) is 10.9 Å². The zero-order valence-electron chi connectivity index (χ0n) is 9.69. The summed E-state index contributed by atoms with van der Waals surface area (Å²) < 4.78 is 3.29. The van der Waals surface area contributed by atoms with E-state index in [9.17, 15) is 0 Å². The van der Waals surface area contributed by atoms with Crippen LogP contribution in [0.2, 0.25) is 0 Å². The molecular weight excluding hydrogens is 278 g/mol. The molecule has 2 aromatic rings. The number of hydrogen-bond donors (Lipinski definition) is 1. The van der Waals surface area contributed by atoms with E-state index in [4.69, 9.17) is 5.11 Å². The number of nitrogens with zero attached hydrogens (tertiary/aromatic N) is 1. The Kier molecular flexibility index (Phi) is 4.02. The molecule has 1 heterocycles. The second-order valence-electron chi connectivity index (χ2n) is 4.08. The molecule has 17 heavy (non-hydrogen) atoms. The third-order valence-electron chi connectivity index (χ3n) is 2.86. The van der Waals surface area contributed by atoms with Crippen molar-refractivity contribution >= 4 is 26.8 Å². The van der Waals surface area contributed by atoms with Crippen LogP contribution in [0.3, 0.4) is 0 Å². The fourth-order valence-corrected chi connectivity index (χ4v) is 2.46. The summed E-state index contributed by atoms with van der Waals surface area (Å²) in [7, 11) is 0. The summed E-state index contributed by atoms with van der Waals surface area (Å²) in [6.07, 6.45) is 5.78. The molecule has 0 bridgehead atoms. The largest absolute Gasteiger partial charge is 0.396 e. The van der Waals surface area contributed by atoms with Crippen molar-refractivity contribution in [1.82, 2.24) is 4.57 Å². The highest BCUT2D eigenvalue weighted by atomic mass is 79.9. The van der Waals surface area contributed by atoms with Crippen molar-refractivity contribution in [2.75, 3.05) is 6.61 Å². The predicted molar refractivity (Wildman–Crippen MR) is 75.2 cm³/mol. The van der Waals surface area contributed by atoms with E-state index in [1.807, 2.05) is 6.08 Å². The van der Waals surface area contributed by atoms with Crippen LogP contribution in [0.5, 0.6) is 0 Å². The van der Waals surface area contributed by atoms with Crippen molar-refractivity contribution in [1.29, 1.82) is 0 Å². The lowest BCUT2D eigenvalue weighted by Gasteiger charge is -2.00. The van der Waals surface area contributed by atoms with Gasteiger partial charge in [0, 0.05) is 34.7 Å². The lowest BCUT2D eigenvalue weighted by atomic mass is 10.1. The summed E-state index contributed by atoms with van der Waals surface area (Å²) in [6.45, 7) is 4.84. The van der Waals surface area contributed by atoms with E-state index in [-0.39, 0.29) is 6.61 Å². The molecule has 1 aromatic heterocycles. The van der Waals surface area contributed by atoms with E-state index < -0.39 is 0 Å². The van der Waals surface area contributed by atoms with Gasteiger partial charge in [0.25, 0.3) is 0 Å². The summed E-state index contributed by atoms with van der Waals surface area (Å²) in [5, 5.41) is 10.2. The number of fused-ring (bicyclic) bond motifs is 1. The van der Waals surface area contributed by atoms with Gasteiger partial charge in [-0.1, -0.05) is 22.0 Å². The molecule has 0 aliphatic rings. The van der Waals surface area contributed by atoms with Crippen molar-refractivity contribution in [3.05, 3.63) is 47.1 Å². The highest BCUT2D eigenvalue weighted by molar-refractivity contribution is 9.10. The lowest BCUT2D eigenvalue weighted by molar-refractivity contribution is 0.288. The topological polar surface area (TPSA) is 25.2 Å². The smallest absolute Gasteiger partial charge is 0.0486 e. The Labute approximate surface area is 110 Å². The number of aliphatic hydroxyl groups is 1. The van der Waals surface area contributed by atoms with Gasteiger partial charge >= 0.3 is 0 Å². The molecule has 0 saturated carbocycles. The van der Waals surface area contributed by atoms with E-state index in [0.29, 0.717) is 0 Å². The first kappa shape index (κ1) is 12.4. The molecule has 2 nitrogen and oxygen atoms in total.